The molecule has 5 rings (SSSR count). The third-order valence-electron chi connectivity index (χ3n) is 7.91. The van der Waals surface area contributed by atoms with Crippen LogP contribution in [-0.2, 0) is 19.1 Å². The second-order valence-electron chi connectivity index (χ2n) is 9.80. The molecule has 3 fully saturated rings. The first-order valence-corrected chi connectivity index (χ1v) is 12.7. The molecule has 174 valence electrons. The third-order valence-corrected chi connectivity index (χ3v) is 9.70. The summed E-state index contributed by atoms with van der Waals surface area (Å²) in [5.74, 6) is -1.98. The summed E-state index contributed by atoms with van der Waals surface area (Å²) < 4.78 is 4.04. The molecule has 1 unspecified atom stereocenters. The summed E-state index contributed by atoms with van der Waals surface area (Å²) in [6, 6.07) is -0.536. The van der Waals surface area contributed by atoms with E-state index in [9.17, 15) is 19.5 Å². The number of hydrogen-bond acceptors (Lipinski definition) is 6. The van der Waals surface area contributed by atoms with E-state index in [0.29, 0.717) is 19.6 Å². The number of esters is 1. The number of aliphatic hydroxyl groups excluding tert-OH is 1. The van der Waals surface area contributed by atoms with Crippen LogP contribution in [0.2, 0.25) is 0 Å². The number of carbonyl (C=O) groups is 3. The number of amides is 2. The van der Waals surface area contributed by atoms with Crippen LogP contribution in [0.3, 0.4) is 0 Å². The molecule has 1 aliphatic carbocycles. The number of rotatable bonds is 3. The first kappa shape index (κ1) is 22.0. The second kappa shape index (κ2) is 8.20. The number of cyclic esters (lactones) is 1. The molecule has 0 aromatic heterocycles. The lowest BCUT2D eigenvalue weighted by Crippen LogP contribution is -2.56. The summed E-state index contributed by atoms with van der Waals surface area (Å²) in [6.45, 7) is 2.69. The van der Waals surface area contributed by atoms with Crippen molar-refractivity contribution in [1.29, 1.82) is 0 Å². The summed E-state index contributed by atoms with van der Waals surface area (Å²) in [5.41, 5.74) is 0. The van der Waals surface area contributed by atoms with E-state index in [1.165, 1.54) is 6.42 Å². The summed E-state index contributed by atoms with van der Waals surface area (Å²) >= 11 is 1.56. The van der Waals surface area contributed by atoms with Crippen LogP contribution in [-0.4, -0.2) is 80.6 Å². The van der Waals surface area contributed by atoms with Crippen LogP contribution in [0.15, 0.2) is 24.3 Å². The molecule has 0 aromatic rings. The van der Waals surface area contributed by atoms with Crippen molar-refractivity contribution in [3.05, 3.63) is 24.3 Å². The molecule has 4 aliphatic heterocycles. The molecular formula is C24H32N2O5S. The number of hydrogen-bond donors (Lipinski definition) is 1. The van der Waals surface area contributed by atoms with Gasteiger partial charge in [-0.3, -0.25) is 14.4 Å². The van der Waals surface area contributed by atoms with Crippen LogP contribution >= 0.6 is 11.8 Å². The molecule has 2 amide bonds. The highest BCUT2D eigenvalue weighted by atomic mass is 32.2. The molecule has 0 bridgehead atoms. The maximum atomic E-state index is 14.1. The number of likely N-dealkylation sites (tertiary alicyclic amines) is 1. The topological polar surface area (TPSA) is 87.1 Å². The van der Waals surface area contributed by atoms with E-state index in [2.05, 4.69) is 0 Å². The molecule has 5 aliphatic rings. The molecular weight excluding hydrogens is 428 g/mol. The number of thioether (sulfide) groups is 1. The maximum absolute atomic E-state index is 14.1. The van der Waals surface area contributed by atoms with E-state index in [0.717, 1.165) is 25.7 Å². The molecule has 2 saturated heterocycles. The van der Waals surface area contributed by atoms with Gasteiger partial charge in [0.15, 0.2) is 0 Å². The van der Waals surface area contributed by atoms with Crippen molar-refractivity contribution >= 4 is 29.5 Å². The zero-order valence-electron chi connectivity index (χ0n) is 18.6. The Morgan fingerprint density at radius 3 is 2.62 bits per heavy atom. The number of carbonyl (C=O) groups excluding carboxylic acids is 3. The van der Waals surface area contributed by atoms with Gasteiger partial charge in [-0.1, -0.05) is 43.6 Å². The average molecular weight is 461 g/mol. The number of aliphatic hydroxyl groups is 1. The van der Waals surface area contributed by atoms with E-state index in [1.54, 1.807) is 16.7 Å². The van der Waals surface area contributed by atoms with E-state index in [-0.39, 0.29) is 37.0 Å². The SMILES string of the molecule is C[C@]12C=CCCOC(=O)[C@H]1[C@H]1C(=O)N(CCO)C3C(=O)N(C4CCCCC4)CC=C[C@@]31S2. The fourth-order valence-corrected chi connectivity index (χ4v) is 8.73. The van der Waals surface area contributed by atoms with Gasteiger partial charge in [-0.25, -0.2) is 0 Å². The van der Waals surface area contributed by atoms with Gasteiger partial charge in [0.1, 0.15) is 6.04 Å². The highest BCUT2D eigenvalue weighted by Crippen LogP contribution is 2.65. The Hall–Kier alpha value is -1.80. The Kier molecular flexibility index (Phi) is 5.64. The van der Waals surface area contributed by atoms with Crippen LogP contribution in [0.5, 0.6) is 0 Å². The van der Waals surface area contributed by atoms with E-state index in [4.69, 9.17) is 4.74 Å². The first-order valence-electron chi connectivity index (χ1n) is 11.9. The Balaban J connectivity index is 1.60. The van der Waals surface area contributed by atoms with Crippen molar-refractivity contribution in [1.82, 2.24) is 9.80 Å². The highest BCUT2D eigenvalue weighted by Gasteiger charge is 2.73. The predicted octanol–water partition coefficient (Wildman–Crippen LogP) is 1.90. The van der Waals surface area contributed by atoms with E-state index >= 15 is 0 Å². The van der Waals surface area contributed by atoms with Gasteiger partial charge >= 0.3 is 5.97 Å². The molecule has 7 nitrogen and oxygen atoms in total. The van der Waals surface area contributed by atoms with Gasteiger partial charge < -0.3 is 19.6 Å². The van der Waals surface area contributed by atoms with Gasteiger partial charge in [-0.15, -0.1) is 11.8 Å². The summed E-state index contributed by atoms with van der Waals surface area (Å²) in [6.07, 6.45) is 14.2. The fraction of sp³-hybridized carbons (Fsp3) is 0.708. The smallest absolute Gasteiger partial charge is 0.311 e. The highest BCUT2D eigenvalue weighted by molar-refractivity contribution is 8.02. The maximum Gasteiger partial charge on any atom is 0.311 e. The van der Waals surface area contributed by atoms with Crippen molar-refractivity contribution in [3.63, 3.8) is 0 Å². The molecule has 0 aromatic carbocycles. The van der Waals surface area contributed by atoms with Crippen molar-refractivity contribution in [3.8, 4) is 0 Å². The van der Waals surface area contributed by atoms with Crippen molar-refractivity contribution in [2.75, 3.05) is 26.3 Å². The standard InChI is InChI=1S/C24H32N2O5S/c1-23-10-5-6-15-31-22(30)18(23)17-20(28)26(13-14-27)19-21(29)25(16-8-3-2-4-9-16)12-7-11-24(17,19)32-23/h5,7,10-11,16-19,27H,2-4,6,8-9,12-15H2,1H3/t17-,18+,19?,23-,24-/m0/s1. The second-order valence-corrected chi connectivity index (χ2v) is 11.6. The first-order chi connectivity index (χ1) is 15.4. The molecule has 1 N–H and O–H groups in total. The summed E-state index contributed by atoms with van der Waals surface area (Å²) in [5, 5.41) is 9.74. The molecule has 5 atom stereocenters. The zero-order valence-corrected chi connectivity index (χ0v) is 19.4. The Bertz CT molecular complexity index is 868. The molecule has 1 saturated carbocycles. The quantitative estimate of drug-likeness (QED) is 0.511. The molecule has 8 heteroatoms. The normalized spacial score (nSPS) is 39.8. The number of fused-ring (bicyclic) bond motifs is 2. The fourth-order valence-electron chi connectivity index (χ4n) is 6.57. The van der Waals surface area contributed by atoms with Gasteiger partial charge in [-0.05, 0) is 26.2 Å². The van der Waals surface area contributed by atoms with Crippen molar-refractivity contribution < 1.29 is 24.2 Å². The Morgan fingerprint density at radius 2 is 1.88 bits per heavy atom. The van der Waals surface area contributed by atoms with Crippen LogP contribution in [0.4, 0.5) is 0 Å². The van der Waals surface area contributed by atoms with Gasteiger partial charge in [0, 0.05) is 23.9 Å². The lowest BCUT2D eigenvalue weighted by Gasteiger charge is -2.39. The lowest BCUT2D eigenvalue weighted by atomic mass is 9.74. The molecule has 1 spiro atoms. The van der Waals surface area contributed by atoms with Gasteiger partial charge in [0.25, 0.3) is 0 Å². The lowest BCUT2D eigenvalue weighted by molar-refractivity contribution is -0.154. The minimum atomic E-state index is -0.847. The largest absolute Gasteiger partial charge is 0.465 e. The molecule has 4 heterocycles. The summed E-state index contributed by atoms with van der Waals surface area (Å²) in [7, 11) is 0. The van der Waals surface area contributed by atoms with Crippen LogP contribution < -0.4 is 0 Å². The Labute approximate surface area is 193 Å². The van der Waals surface area contributed by atoms with E-state index in [1.807, 2.05) is 36.1 Å². The van der Waals surface area contributed by atoms with Crippen molar-refractivity contribution in [2.45, 2.75) is 67.0 Å². The minimum absolute atomic E-state index is 0.0473. The third kappa shape index (κ3) is 3.16. The van der Waals surface area contributed by atoms with Gasteiger partial charge in [0.05, 0.1) is 29.8 Å². The van der Waals surface area contributed by atoms with E-state index < -0.39 is 27.4 Å². The average Bonchev–Trinajstić information content (AvgIpc) is 3.08. The van der Waals surface area contributed by atoms with Crippen molar-refractivity contribution in [2.24, 2.45) is 11.8 Å². The van der Waals surface area contributed by atoms with Gasteiger partial charge in [-0.2, -0.15) is 0 Å². The van der Waals surface area contributed by atoms with Crippen LogP contribution in [0, 0.1) is 11.8 Å². The summed E-state index contributed by atoms with van der Waals surface area (Å²) in [4.78, 5) is 44.5. The van der Waals surface area contributed by atoms with Crippen LogP contribution in [0.1, 0.15) is 45.4 Å². The minimum Gasteiger partial charge on any atom is -0.465 e. The predicted molar refractivity (Wildman–Crippen MR) is 121 cm³/mol. The zero-order chi connectivity index (χ0) is 22.5. The van der Waals surface area contributed by atoms with Crippen LogP contribution in [0.25, 0.3) is 0 Å². The number of β-amino-alcohol motifs (C(OH)–C–C–N with tert-alkyl or cyclic N) is 1. The Morgan fingerprint density at radius 1 is 1.09 bits per heavy atom. The van der Waals surface area contributed by atoms with Gasteiger partial charge in [0.2, 0.25) is 11.8 Å². The molecule has 32 heavy (non-hydrogen) atoms. The monoisotopic (exact) mass is 460 g/mol. The molecule has 0 radical (unpaired) electrons. The number of ether oxygens (including phenoxy) is 1. The number of nitrogens with zero attached hydrogens (tertiary/aromatic N) is 2.